The van der Waals surface area contributed by atoms with Gasteiger partial charge in [-0.1, -0.05) is 6.07 Å². The normalized spacial score (nSPS) is 11.2. The number of benzene rings is 1. The molecule has 19 heavy (non-hydrogen) atoms. The van der Waals surface area contributed by atoms with Crippen LogP contribution in [0.25, 0.3) is 0 Å². The molecule has 0 unspecified atom stereocenters. The Morgan fingerprint density at radius 2 is 2.05 bits per heavy atom. The Kier molecular flexibility index (Phi) is 4.63. The second-order valence-electron chi connectivity index (χ2n) is 4.02. The van der Waals surface area contributed by atoms with Gasteiger partial charge >= 0.3 is 12.1 Å². The predicted molar refractivity (Wildman–Crippen MR) is 66.1 cm³/mol. The summed E-state index contributed by atoms with van der Waals surface area (Å²) in [5.74, 6) is -0.638. The van der Waals surface area contributed by atoms with Gasteiger partial charge in [0.2, 0.25) is 0 Å². The molecule has 0 atom stereocenters. The number of rotatable bonds is 4. The van der Waals surface area contributed by atoms with Gasteiger partial charge in [-0.25, -0.2) is 4.79 Å². The number of alkyl halides is 3. The van der Waals surface area contributed by atoms with Crippen LogP contribution < -0.4 is 10.6 Å². The van der Waals surface area contributed by atoms with E-state index in [1.165, 1.54) is 31.2 Å². The lowest BCUT2D eigenvalue weighted by molar-refractivity contribution is -0.132. The van der Waals surface area contributed by atoms with Gasteiger partial charge in [0, 0.05) is 13.6 Å². The highest BCUT2D eigenvalue weighted by Crippen LogP contribution is 2.29. The summed E-state index contributed by atoms with van der Waals surface area (Å²) in [6.07, 6.45) is -5.25. The zero-order chi connectivity index (χ0) is 14.6. The Morgan fingerprint density at radius 1 is 1.42 bits per heavy atom. The minimum Gasteiger partial charge on any atom is -0.465 e. The van der Waals surface area contributed by atoms with Gasteiger partial charge < -0.3 is 15.4 Å². The summed E-state index contributed by atoms with van der Waals surface area (Å²) in [5.41, 5.74) is 6.35. The maximum atomic E-state index is 12.2. The first-order valence-electron chi connectivity index (χ1n) is 5.51. The van der Waals surface area contributed by atoms with Gasteiger partial charge in [-0.2, -0.15) is 13.2 Å². The number of hydrogen-bond donors (Lipinski definition) is 1. The largest absolute Gasteiger partial charge is 0.465 e. The number of para-hydroxylation sites is 1. The lowest BCUT2D eigenvalue weighted by Crippen LogP contribution is -2.26. The van der Waals surface area contributed by atoms with E-state index in [0.29, 0.717) is 0 Å². The molecule has 7 heteroatoms. The fraction of sp³-hybridized carbons (Fsp3) is 0.417. The molecular formula is C12H15F3N2O2. The Balaban J connectivity index is 3.01. The molecule has 1 aromatic carbocycles. The average molecular weight is 276 g/mol. The van der Waals surface area contributed by atoms with E-state index in [1.807, 2.05) is 0 Å². The van der Waals surface area contributed by atoms with Crippen molar-refractivity contribution in [1.82, 2.24) is 0 Å². The third-order valence-corrected chi connectivity index (χ3v) is 2.58. The molecule has 0 aliphatic carbocycles. The molecule has 0 saturated carbocycles. The van der Waals surface area contributed by atoms with Crippen LogP contribution in [-0.2, 0) is 4.74 Å². The summed E-state index contributed by atoms with van der Waals surface area (Å²) in [7, 11) is 2.65. The smallest absolute Gasteiger partial charge is 0.390 e. The van der Waals surface area contributed by atoms with E-state index in [4.69, 9.17) is 5.73 Å². The first-order chi connectivity index (χ1) is 8.76. The summed E-state index contributed by atoms with van der Waals surface area (Å²) in [4.78, 5) is 12.9. The number of ether oxygens (including phenoxy) is 1. The third-order valence-electron chi connectivity index (χ3n) is 2.58. The number of carbonyl (C=O) groups excluding carboxylic acids is 1. The SMILES string of the molecule is COC(=O)c1cccc(N)c1N(C)CCC(F)(F)F. The van der Waals surface area contributed by atoms with E-state index in [9.17, 15) is 18.0 Å². The number of methoxy groups -OCH3 is 1. The van der Waals surface area contributed by atoms with Crippen molar-refractivity contribution in [1.29, 1.82) is 0 Å². The second-order valence-corrected chi connectivity index (χ2v) is 4.02. The van der Waals surface area contributed by atoms with Crippen molar-refractivity contribution in [3.63, 3.8) is 0 Å². The number of nitrogen functional groups attached to an aromatic ring is 1. The lowest BCUT2D eigenvalue weighted by Gasteiger charge is -2.23. The van der Waals surface area contributed by atoms with E-state index >= 15 is 0 Å². The molecule has 0 aliphatic rings. The van der Waals surface area contributed by atoms with Gasteiger partial charge in [-0.3, -0.25) is 0 Å². The zero-order valence-electron chi connectivity index (χ0n) is 10.6. The Hall–Kier alpha value is -1.92. The molecule has 106 valence electrons. The number of hydrogen-bond acceptors (Lipinski definition) is 4. The maximum absolute atomic E-state index is 12.2. The molecule has 2 N–H and O–H groups in total. The van der Waals surface area contributed by atoms with Crippen molar-refractivity contribution in [2.45, 2.75) is 12.6 Å². The first kappa shape index (κ1) is 15.1. The van der Waals surface area contributed by atoms with Crippen molar-refractivity contribution in [2.24, 2.45) is 0 Å². The van der Waals surface area contributed by atoms with Gasteiger partial charge in [0.25, 0.3) is 0 Å². The topological polar surface area (TPSA) is 55.6 Å². The molecular weight excluding hydrogens is 261 g/mol. The first-order valence-corrected chi connectivity index (χ1v) is 5.51. The monoisotopic (exact) mass is 276 g/mol. The molecule has 0 aliphatic heterocycles. The number of esters is 1. The quantitative estimate of drug-likeness (QED) is 0.678. The van der Waals surface area contributed by atoms with Crippen molar-refractivity contribution in [3.8, 4) is 0 Å². The number of halogens is 3. The fourth-order valence-electron chi connectivity index (χ4n) is 1.67. The van der Waals surface area contributed by atoms with E-state index in [-0.39, 0.29) is 23.5 Å². The summed E-state index contributed by atoms with van der Waals surface area (Å²) in [6, 6.07) is 4.52. The van der Waals surface area contributed by atoms with E-state index in [0.717, 1.165) is 0 Å². The Labute approximate surface area is 108 Å². The summed E-state index contributed by atoms with van der Waals surface area (Å²) < 4.78 is 41.2. The molecule has 1 aromatic rings. The molecule has 0 bridgehead atoms. The van der Waals surface area contributed by atoms with Crippen LogP contribution in [0.1, 0.15) is 16.8 Å². The molecule has 0 radical (unpaired) electrons. The van der Waals surface area contributed by atoms with E-state index in [2.05, 4.69) is 4.74 Å². The standard InChI is InChI=1S/C12H15F3N2O2/c1-17(7-6-12(13,14)15)10-8(11(18)19-2)4-3-5-9(10)16/h3-5H,6-7,16H2,1-2H3. The number of carbonyl (C=O) groups is 1. The van der Waals surface area contributed by atoms with Crippen LogP contribution in [0.5, 0.6) is 0 Å². The van der Waals surface area contributed by atoms with Crippen LogP contribution in [0.3, 0.4) is 0 Å². The van der Waals surface area contributed by atoms with Crippen LogP contribution in [0, 0.1) is 0 Å². The lowest BCUT2D eigenvalue weighted by atomic mass is 10.1. The molecule has 0 saturated heterocycles. The number of nitrogens with zero attached hydrogens (tertiary/aromatic N) is 1. The number of anilines is 2. The average Bonchev–Trinajstić information content (AvgIpc) is 2.33. The summed E-state index contributed by atoms with van der Waals surface area (Å²) in [6.45, 7) is -0.290. The molecule has 0 amide bonds. The highest BCUT2D eigenvalue weighted by molar-refractivity contribution is 5.99. The van der Waals surface area contributed by atoms with Crippen molar-refractivity contribution in [2.75, 3.05) is 31.3 Å². The van der Waals surface area contributed by atoms with E-state index < -0.39 is 18.6 Å². The Morgan fingerprint density at radius 3 is 2.58 bits per heavy atom. The fourth-order valence-corrected chi connectivity index (χ4v) is 1.67. The molecule has 0 aromatic heterocycles. The van der Waals surface area contributed by atoms with Gasteiger partial charge in [-0.15, -0.1) is 0 Å². The summed E-state index contributed by atoms with van der Waals surface area (Å²) in [5, 5.41) is 0. The molecule has 0 spiro atoms. The van der Waals surface area contributed by atoms with Gasteiger partial charge in [0.05, 0.1) is 30.5 Å². The van der Waals surface area contributed by atoms with Crippen LogP contribution in [-0.4, -0.2) is 32.8 Å². The van der Waals surface area contributed by atoms with Crippen LogP contribution in [0.4, 0.5) is 24.5 Å². The highest BCUT2D eigenvalue weighted by Gasteiger charge is 2.28. The zero-order valence-corrected chi connectivity index (χ0v) is 10.6. The highest BCUT2D eigenvalue weighted by atomic mass is 19.4. The number of nitrogens with two attached hydrogens (primary N) is 1. The van der Waals surface area contributed by atoms with E-state index in [1.54, 1.807) is 6.07 Å². The van der Waals surface area contributed by atoms with Crippen LogP contribution >= 0.6 is 0 Å². The van der Waals surface area contributed by atoms with Gasteiger partial charge in [0.15, 0.2) is 0 Å². The molecule has 0 fully saturated rings. The minimum absolute atomic E-state index is 0.146. The van der Waals surface area contributed by atoms with Gasteiger partial charge in [-0.05, 0) is 12.1 Å². The molecule has 0 heterocycles. The Bertz CT molecular complexity index is 461. The van der Waals surface area contributed by atoms with Crippen LogP contribution in [0.15, 0.2) is 18.2 Å². The maximum Gasteiger partial charge on any atom is 0.390 e. The predicted octanol–water partition coefficient (Wildman–Crippen LogP) is 2.44. The molecule has 4 nitrogen and oxygen atoms in total. The van der Waals surface area contributed by atoms with Crippen molar-refractivity contribution < 1.29 is 22.7 Å². The van der Waals surface area contributed by atoms with Crippen molar-refractivity contribution in [3.05, 3.63) is 23.8 Å². The third kappa shape index (κ3) is 4.04. The summed E-state index contributed by atoms with van der Waals surface area (Å²) >= 11 is 0. The van der Waals surface area contributed by atoms with Crippen LogP contribution in [0.2, 0.25) is 0 Å². The molecule has 1 rings (SSSR count). The van der Waals surface area contributed by atoms with Gasteiger partial charge in [0.1, 0.15) is 0 Å². The van der Waals surface area contributed by atoms with Crippen molar-refractivity contribution >= 4 is 17.3 Å². The second kappa shape index (κ2) is 5.81. The minimum atomic E-state index is -4.26.